The summed E-state index contributed by atoms with van der Waals surface area (Å²) in [5, 5.41) is 0. The Kier molecular flexibility index (Phi) is 4.01. The van der Waals surface area contributed by atoms with Crippen LogP contribution in [0.2, 0.25) is 0 Å². The summed E-state index contributed by atoms with van der Waals surface area (Å²) in [7, 11) is 0. The van der Waals surface area contributed by atoms with E-state index in [0.29, 0.717) is 5.56 Å². The molecule has 2 aromatic heterocycles. The second-order valence-corrected chi connectivity index (χ2v) is 5.38. The highest BCUT2D eigenvalue weighted by molar-refractivity contribution is 7.12. The monoisotopic (exact) mass is 276 g/mol. The van der Waals surface area contributed by atoms with Gasteiger partial charge in [-0.3, -0.25) is 9.78 Å². The van der Waals surface area contributed by atoms with Crippen LogP contribution in [0, 0.1) is 13.8 Å². The van der Waals surface area contributed by atoms with Crippen molar-refractivity contribution in [2.45, 2.75) is 13.8 Å². The Bertz CT molecular complexity index is 608. The number of esters is 1. The summed E-state index contributed by atoms with van der Waals surface area (Å²) in [5.74, 6) is -0.856. The molecule has 0 fully saturated rings. The van der Waals surface area contributed by atoms with Crippen LogP contribution in [-0.4, -0.2) is 28.3 Å². The normalized spacial score (nSPS) is 10.2. The van der Waals surface area contributed by atoms with E-state index in [0.717, 1.165) is 9.75 Å². The molecule has 19 heavy (non-hydrogen) atoms. The first-order chi connectivity index (χ1) is 9.08. The zero-order valence-corrected chi connectivity index (χ0v) is 11.4. The second-order valence-electron chi connectivity index (χ2n) is 3.92. The van der Waals surface area contributed by atoms with Gasteiger partial charge in [0, 0.05) is 27.7 Å². The minimum atomic E-state index is -0.647. The van der Waals surface area contributed by atoms with E-state index >= 15 is 0 Å². The van der Waals surface area contributed by atoms with Gasteiger partial charge in [-0.05, 0) is 19.9 Å². The molecular formula is C13H12N2O3S. The molecule has 2 heterocycles. The topological polar surface area (TPSA) is 69.2 Å². The van der Waals surface area contributed by atoms with E-state index in [4.69, 9.17) is 4.74 Å². The van der Waals surface area contributed by atoms with Crippen LogP contribution in [-0.2, 0) is 4.74 Å². The van der Waals surface area contributed by atoms with Gasteiger partial charge in [0.15, 0.2) is 12.3 Å². The van der Waals surface area contributed by atoms with Crippen molar-refractivity contribution in [2.75, 3.05) is 6.61 Å². The van der Waals surface area contributed by atoms with Gasteiger partial charge in [0.05, 0.1) is 6.20 Å². The number of ether oxygens (including phenoxy) is 1. The SMILES string of the molecule is Cc1cc(C(=O)COC(=O)c2cnccn2)c(C)s1. The number of thiophene rings is 1. The first-order valence-corrected chi connectivity index (χ1v) is 6.43. The van der Waals surface area contributed by atoms with E-state index in [1.807, 2.05) is 13.8 Å². The molecule has 0 aliphatic carbocycles. The number of nitrogens with zero attached hydrogens (tertiary/aromatic N) is 2. The molecule has 0 spiro atoms. The van der Waals surface area contributed by atoms with E-state index in [-0.39, 0.29) is 18.1 Å². The molecule has 2 rings (SSSR count). The molecule has 0 atom stereocenters. The van der Waals surface area contributed by atoms with Gasteiger partial charge < -0.3 is 4.74 Å². The van der Waals surface area contributed by atoms with Crippen molar-refractivity contribution in [3.63, 3.8) is 0 Å². The molecule has 6 heteroatoms. The van der Waals surface area contributed by atoms with Crippen molar-refractivity contribution in [3.8, 4) is 0 Å². The summed E-state index contributed by atoms with van der Waals surface area (Å²) >= 11 is 1.54. The zero-order valence-electron chi connectivity index (χ0n) is 10.5. The van der Waals surface area contributed by atoms with E-state index in [1.54, 1.807) is 17.4 Å². The van der Waals surface area contributed by atoms with Crippen molar-refractivity contribution in [1.29, 1.82) is 0 Å². The lowest BCUT2D eigenvalue weighted by Crippen LogP contribution is -2.15. The fourth-order valence-electron chi connectivity index (χ4n) is 1.59. The van der Waals surface area contributed by atoms with Gasteiger partial charge in [-0.1, -0.05) is 0 Å². The first-order valence-electron chi connectivity index (χ1n) is 5.61. The van der Waals surface area contributed by atoms with Crippen LogP contribution in [0.5, 0.6) is 0 Å². The van der Waals surface area contributed by atoms with Gasteiger partial charge in [-0.25, -0.2) is 9.78 Å². The largest absolute Gasteiger partial charge is 0.453 e. The summed E-state index contributed by atoms with van der Waals surface area (Å²) in [6, 6.07) is 1.80. The summed E-state index contributed by atoms with van der Waals surface area (Å²) < 4.78 is 4.92. The minimum Gasteiger partial charge on any atom is -0.453 e. The summed E-state index contributed by atoms with van der Waals surface area (Å²) in [6.45, 7) is 3.52. The van der Waals surface area contributed by atoms with E-state index in [2.05, 4.69) is 9.97 Å². The molecule has 5 nitrogen and oxygen atoms in total. The van der Waals surface area contributed by atoms with Crippen molar-refractivity contribution < 1.29 is 14.3 Å². The lowest BCUT2D eigenvalue weighted by atomic mass is 10.2. The fourth-order valence-corrected chi connectivity index (χ4v) is 2.54. The Morgan fingerprint density at radius 3 is 2.68 bits per heavy atom. The molecule has 0 bridgehead atoms. The van der Waals surface area contributed by atoms with E-state index in [1.165, 1.54) is 18.6 Å². The third kappa shape index (κ3) is 3.23. The first kappa shape index (κ1) is 13.4. The smallest absolute Gasteiger partial charge is 0.358 e. The fraction of sp³-hybridized carbons (Fsp3) is 0.231. The number of aromatic nitrogens is 2. The van der Waals surface area contributed by atoms with Crippen LogP contribution in [0.25, 0.3) is 0 Å². The maximum atomic E-state index is 11.9. The third-order valence-corrected chi connectivity index (χ3v) is 3.41. The molecule has 0 saturated carbocycles. The van der Waals surface area contributed by atoms with Gasteiger partial charge in [-0.15, -0.1) is 11.3 Å². The van der Waals surface area contributed by atoms with Gasteiger partial charge >= 0.3 is 5.97 Å². The maximum absolute atomic E-state index is 11.9. The van der Waals surface area contributed by atoms with Crippen LogP contribution >= 0.6 is 11.3 Å². The van der Waals surface area contributed by atoms with E-state index < -0.39 is 5.97 Å². The van der Waals surface area contributed by atoms with Gasteiger partial charge in [0.1, 0.15) is 0 Å². The number of Topliss-reactive ketones (excluding diaryl/α,β-unsaturated/α-hetero) is 1. The molecule has 2 aromatic rings. The number of rotatable bonds is 4. The Morgan fingerprint density at radius 2 is 2.11 bits per heavy atom. The van der Waals surface area contributed by atoms with Gasteiger partial charge in [0.2, 0.25) is 5.78 Å². The number of aryl methyl sites for hydroxylation is 2. The molecule has 0 aliphatic heterocycles. The highest BCUT2D eigenvalue weighted by Gasteiger charge is 2.15. The van der Waals surface area contributed by atoms with Crippen molar-refractivity contribution in [3.05, 3.63) is 45.7 Å². The third-order valence-electron chi connectivity index (χ3n) is 2.45. The highest BCUT2D eigenvalue weighted by Crippen LogP contribution is 2.21. The number of carbonyl (C=O) groups is 2. The number of ketones is 1. The lowest BCUT2D eigenvalue weighted by molar-refractivity contribution is 0.0468. The van der Waals surface area contributed by atoms with Crippen LogP contribution in [0.3, 0.4) is 0 Å². The Morgan fingerprint density at radius 1 is 1.32 bits per heavy atom. The Labute approximate surface area is 114 Å². The van der Waals surface area contributed by atoms with Crippen molar-refractivity contribution in [2.24, 2.45) is 0 Å². The Balaban J connectivity index is 1.98. The van der Waals surface area contributed by atoms with Crippen LogP contribution in [0.4, 0.5) is 0 Å². The van der Waals surface area contributed by atoms with E-state index in [9.17, 15) is 9.59 Å². The molecular weight excluding hydrogens is 264 g/mol. The minimum absolute atomic E-state index is 0.0912. The van der Waals surface area contributed by atoms with Gasteiger partial charge in [0.25, 0.3) is 0 Å². The summed E-state index contributed by atoms with van der Waals surface area (Å²) in [5.41, 5.74) is 0.697. The number of carbonyl (C=O) groups excluding carboxylic acids is 2. The highest BCUT2D eigenvalue weighted by atomic mass is 32.1. The molecule has 0 saturated heterocycles. The molecule has 0 amide bonds. The molecule has 0 aromatic carbocycles. The molecule has 0 unspecified atom stereocenters. The van der Waals surface area contributed by atoms with Crippen molar-refractivity contribution in [1.82, 2.24) is 9.97 Å². The average molecular weight is 276 g/mol. The maximum Gasteiger partial charge on any atom is 0.358 e. The number of hydrogen-bond acceptors (Lipinski definition) is 6. The van der Waals surface area contributed by atoms with Crippen molar-refractivity contribution >= 4 is 23.1 Å². The predicted octanol–water partition coefficient (Wildman–Crippen LogP) is 2.19. The molecule has 0 N–H and O–H groups in total. The summed E-state index contributed by atoms with van der Waals surface area (Å²) in [4.78, 5) is 33.1. The van der Waals surface area contributed by atoms with Crippen LogP contribution in [0.15, 0.2) is 24.7 Å². The second kappa shape index (κ2) is 5.71. The average Bonchev–Trinajstić information content (AvgIpc) is 2.75. The molecule has 0 radical (unpaired) electrons. The number of hydrogen-bond donors (Lipinski definition) is 0. The standard InChI is InChI=1S/C13H12N2O3S/c1-8-5-10(9(2)19-8)12(16)7-18-13(17)11-6-14-3-4-15-11/h3-6H,7H2,1-2H3. The van der Waals surface area contributed by atoms with Crippen LogP contribution in [0.1, 0.15) is 30.6 Å². The van der Waals surface area contributed by atoms with Gasteiger partial charge in [-0.2, -0.15) is 0 Å². The summed E-state index contributed by atoms with van der Waals surface area (Å²) in [6.07, 6.45) is 4.15. The predicted molar refractivity (Wildman–Crippen MR) is 70.4 cm³/mol. The lowest BCUT2D eigenvalue weighted by Gasteiger charge is -2.02. The van der Waals surface area contributed by atoms with Crippen LogP contribution < -0.4 is 0 Å². The molecule has 98 valence electrons. The molecule has 0 aliphatic rings. The Hall–Kier alpha value is -2.08. The zero-order chi connectivity index (χ0) is 13.8. The quantitative estimate of drug-likeness (QED) is 0.632.